The van der Waals surface area contributed by atoms with E-state index in [0.717, 1.165) is 10.9 Å². The molecule has 1 aromatic carbocycles. The lowest BCUT2D eigenvalue weighted by Crippen LogP contribution is -2.54. The number of nitrogens with one attached hydrogen (secondary N) is 1. The summed E-state index contributed by atoms with van der Waals surface area (Å²) in [7, 11) is 0. The summed E-state index contributed by atoms with van der Waals surface area (Å²) in [6.45, 7) is 7.65. The molecule has 1 aliphatic carbocycles. The Morgan fingerprint density at radius 3 is 2.50 bits per heavy atom. The van der Waals surface area contributed by atoms with Crippen LogP contribution >= 0.6 is 15.9 Å². The third-order valence-electron chi connectivity index (χ3n) is 4.48. The molecule has 112 valence electrons. The van der Waals surface area contributed by atoms with E-state index >= 15 is 0 Å². The fourth-order valence-corrected chi connectivity index (χ4v) is 3.55. The third kappa shape index (κ3) is 4.31. The van der Waals surface area contributed by atoms with Crippen molar-refractivity contribution in [2.45, 2.75) is 58.0 Å². The highest BCUT2D eigenvalue weighted by Crippen LogP contribution is 2.37. The Balaban J connectivity index is 2.00. The Morgan fingerprint density at radius 1 is 1.35 bits per heavy atom. The van der Waals surface area contributed by atoms with Crippen LogP contribution in [0.15, 0.2) is 28.7 Å². The van der Waals surface area contributed by atoms with Crippen molar-refractivity contribution < 1.29 is 0 Å². The Labute approximate surface area is 131 Å². The summed E-state index contributed by atoms with van der Waals surface area (Å²) in [6.07, 6.45) is 4.81. The van der Waals surface area contributed by atoms with Gasteiger partial charge in [0.05, 0.1) is 0 Å². The average Bonchev–Trinajstić information content (AvgIpc) is 2.71. The minimum absolute atomic E-state index is 0.0150. The maximum absolute atomic E-state index is 6.06. The highest BCUT2D eigenvalue weighted by Gasteiger charge is 2.34. The summed E-state index contributed by atoms with van der Waals surface area (Å²) in [6, 6.07) is 9.17. The number of benzene rings is 1. The van der Waals surface area contributed by atoms with Gasteiger partial charge in [0.15, 0.2) is 0 Å². The first kappa shape index (κ1) is 16.0. The van der Waals surface area contributed by atoms with Crippen molar-refractivity contribution in [2.75, 3.05) is 6.54 Å². The molecule has 1 aromatic rings. The lowest BCUT2D eigenvalue weighted by Gasteiger charge is -2.33. The SMILES string of the molecule is CC1(C)CCC(NC(C)(CN)Cc2ccc(Br)cc2)C1. The summed E-state index contributed by atoms with van der Waals surface area (Å²) in [5, 5.41) is 3.82. The molecule has 2 atom stereocenters. The van der Waals surface area contributed by atoms with Gasteiger partial charge in [-0.1, -0.05) is 41.9 Å². The van der Waals surface area contributed by atoms with E-state index in [9.17, 15) is 0 Å². The largest absolute Gasteiger partial charge is 0.329 e. The van der Waals surface area contributed by atoms with E-state index in [0.29, 0.717) is 18.0 Å². The van der Waals surface area contributed by atoms with Gasteiger partial charge in [-0.05, 0) is 55.7 Å². The molecule has 2 unspecified atom stereocenters. The first-order valence-corrected chi connectivity index (χ1v) is 8.33. The van der Waals surface area contributed by atoms with E-state index in [2.05, 4.69) is 66.3 Å². The Morgan fingerprint density at radius 2 is 2.00 bits per heavy atom. The molecule has 0 amide bonds. The number of hydrogen-bond donors (Lipinski definition) is 2. The molecule has 1 saturated carbocycles. The standard InChI is InChI=1S/C17H27BrN2/c1-16(2)9-8-15(11-16)20-17(3,12-19)10-13-4-6-14(18)7-5-13/h4-7,15,20H,8-12,19H2,1-3H3. The molecule has 0 bridgehead atoms. The molecule has 0 heterocycles. The quantitative estimate of drug-likeness (QED) is 0.854. The summed E-state index contributed by atoms with van der Waals surface area (Å²) < 4.78 is 1.13. The molecule has 3 N–H and O–H groups in total. The van der Waals surface area contributed by atoms with Crippen molar-refractivity contribution in [1.29, 1.82) is 0 Å². The van der Waals surface area contributed by atoms with Crippen molar-refractivity contribution in [1.82, 2.24) is 5.32 Å². The molecule has 0 aromatic heterocycles. The number of rotatable bonds is 5. The average molecular weight is 339 g/mol. The van der Waals surface area contributed by atoms with Crippen LogP contribution in [-0.4, -0.2) is 18.1 Å². The predicted octanol–water partition coefficient (Wildman–Crippen LogP) is 3.88. The normalized spacial score (nSPS) is 24.6. The monoisotopic (exact) mass is 338 g/mol. The first-order valence-electron chi connectivity index (χ1n) is 7.54. The van der Waals surface area contributed by atoms with E-state index < -0.39 is 0 Å². The molecule has 1 aliphatic rings. The van der Waals surface area contributed by atoms with Crippen LogP contribution < -0.4 is 11.1 Å². The zero-order valence-corrected chi connectivity index (χ0v) is 14.5. The maximum atomic E-state index is 6.06. The fraction of sp³-hybridized carbons (Fsp3) is 0.647. The minimum Gasteiger partial charge on any atom is -0.329 e. The molecule has 3 heteroatoms. The van der Waals surface area contributed by atoms with Gasteiger partial charge in [-0.2, -0.15) is 0 Å². The lowest BCUT2D eigenvalue weighted by molar-refractivity contribution is 0.293. The van der Waals surface area contributed by atoms with E-state index in [1.807, 2.05) is 0 Å². The van der Waals surface area contributed by atoms with Crippen molar-refractivity contribution in [3.63, 3.8) is 0 Å². The molecule has 20 heavy (non-hydrogen) atoms. The maximum Gasteiger partial charge on any atom is 0.0318 e. The fourth-order valence-electron chi connectivity index (χ4n) is 3.29. The van der Waals surface area contributed by atoms with Crippen molar-refractivity contribution in [3.8, 4) is 0 Å². The second-order valence-corrected chi connectivity index (χ2v) is 8.23. The Kier molecular flexibility index (Phi) is 4.93. The second-order valence-electron chi connectivity index (χ2n) is 7.32. The molecule has 0 aliphatic heterocycles. The lowest BCUT2D eigenvalue weighted by atomic mass is 9.89. The van der Waals surface area contributed by atoms with Gasteiger partial charge in [-0.15, -0.1) is 0 Å². The topological polar surface area (TPSA) is 38.0 Å². The molecule has 0 radical (unpaired) electrons. The summed E-state index contributed by atoms with van der Waals surface area (Å²) in [5.41, 5.74) is 7.86. The number of hydrogen-bond acceptors (Lipinski definition) is 2. The minimum atomic E-state index is -0.0150. The van der Waals surface area contributed by atoms with Gasteiger partial charge in [0.25, 0.3) is 0 Å². The van der Waals surface area contributed by atoms with Gasteiger partial charge in [0.1, 0.15) is 0 Å². The van der Waals surface area contributed by atoms with Crippen LogP contribution in [0.3, 0.4) is 0 Å². The molecule has 2 rings (SSSR count). The Bertz CT molecular complexity index is 441. The zero-order chi connectivity index (χ0) is 14.8. The van der Waals surface area contributed by atoms with Gasteiger partial charge in [-0.3, -0.25) is 0 Å². The van der Waals surface area contributed by atoms with E-state index in [-0.39, 0.29) is 5.54 Å². The smallest absolute Gasteiger partial charge is 0.0318 e. The van der Waals surface area contributed by atoms with Crippen LogP contribution in [0.5, 0.6) is 0 Å². The van der Waals surface area contributed by atoms with Gasteiger partial charge in [0, 0.05) is 22.6 Å². The third-order valence-corrected chi connectivity index (χ3v) is 5.01. The van der Waals surface area contributed by atoms with E-state index in [1.165, 1.54) is 24.8 Å². The van der Waals surface area contributed by atoms with E-state index in [4.69, 9.17) is 5.73 Å². The number of nitrogens with two attached hydrogens (primary N) is 1. The van der Waals surface area contributed by atoms with Crippen molar-refractivity contribution in [3.05, 3.63) is 34.3 Å². The first-order chi connectivity index (χ1) is 9.32. The highest BCUT2D eigenvalue weighted by atomic mass is 79.9. The van der Waals surface area contributed by atoms with Crippen LogP contribution in [0, 0.1) is 5.41 Å². The molecule has 0 spiro atoms. The highest BCUT2D eigenvalue weighted by molar-refractivity contribution is 9.10. The predicted molar refractivity (Wildman–Crippen MR) is 89.9 cm³/mol. The Hall–Kier alpha value is -0.380. The van der Waals surface area contributed by atoms with Crippen LogP contribution in [0.4, 0.5) is 0 Å². The zero-order valence-electron chi connectivity index (χ0n) is 12.9. The molecule has 0 saturated heterocycles. The van der Waals surface area contributed by atoms with Gasteiger partial charge >= 0.3 is 0 Å². The van der Waals surface area contributed by atoms with Gasteiger partial charge in [-0.25, -0.2) is 0 Å². The van der Waals surface area contributed by atoms with Gasteiger partial charge < -0.3 is 11.1 Å². The van der Waals surface area contributed by atoms with Crippen molar-refractivity contribution in [2.24, 2.45) is 11.1 Å². The summed E-state index contributed by atoms with van der Waals surface area (Å²) in [4.78, 5) is 0. The summed E-state index contributed by atoms with van der Waals surface area (Å²) in [5.74, 6) is 0. The molecular weight excluding hydrogens is 312 g/mol. The number of halogens is 1. The van der Waals surface area contributed by atoms with Crippen molar-refractivity contribution >= 4 is 15.9 Å². The second kappa shape index (κ2) is 6.17. The van der Waals surface area contributed by atoms with Crippen LogP contribution in [0.2, 0.25) is 0 Å². The van der Waals surface area contributed by atoms with Crippen LogP contribution in [-0.2, 0) is 6.42 Å². The summed E-state index contributed by atoms with van der Waals surface area (Å²) >= 11 is 3.49. The molecular formula is C17H27BrN2. The molecule has 2 nitrogen and oxygen atoms in total. The van der Waals surface area contributed by atoms with Gasteiger partial charge in [0.2, 0.25) is 0 Å². The van der Waals surface area contributed by atoms with Crippen LogP contribution in [0.1, 0.15) is 45.6 Å². The van der Waals surface area contributed by atoms with Crippen LogP contribution in [0.25, 0.3) is 0 Å². The molecule has 1 fully saturated rings. The van der Waals surface area contributed by atoms with E-state index in [1.54, 1.807) is 0 Å².